The fraction of sp³-hybridized carbons (Fsp3) is 0.615. The molecule has 0 aliphatic carbocycles. The molecule has 1 aliphatic rings. The summed E-state index contributed by atoms with van der Waals surface area (Å²) < 4.78 is 10.5. The molecule has 18 heavy (non-hydrogen) atoms. The lowest BCUT2D eigenvalue weighted by Crippen LogP contribution is -2.39. The summed E-state index contributed by atoms with van der Waals surface area (Å²) in [5, 5.41) is 3.36. The van der Waals surface area contributed by atoms with Gasteiger partial charge in [-0.25, -0.2) is 0 Å². The zero-order valence-electron chi connectivity index (χ0n) is 11.1. The number of aromatic nitrogens is 1. The molecular weight excluding hydrogens is 230 g/mol. The van der Waals surface area contributed by atoms with E-state index in [-0.39, 0.29) is 0 Å². The van der Waals surface area contributed by atoms with Crippen LogP contribution in [0.3, 0.4) is 0 Å². The van der Waals surface area contributed by atoms with Gasteiger partial charge in [0.2, 0.25) is 5.88 Å². The van der Waals surface area contributed by atoms with Gasteiger partial charge in [0.25, 0.3) is 0 Å². The first-order valence-corrected chi connectivity index (χ1v) is 6.35. The van der Waals surface area contributed by atoms with Crippen molar-refractivity contribution in [3.63, 3.8) is 0 Å². The van der Waals surface area contributed by atoms with E-state index in [2.05, 4.69) is 15.2 Å². The van der Waals surface area contributed by atoms with E-state index in [0.717, 1.165) is 50.8 Å². The number of rotatable bonds is 5. The molecule has 0 bridgehead atoms. The summed E-state index contributed by atoms with van der Waals surface area (Å²) in [6, 6.07) is 3.89. The topological polar surface area (TPSA) is 46.6 Å². The van der Waals surface area contributed by atoms with Crippen molar-refractivity contribution < 1.29 is 9.47 Å². The Bertz CT molecular complexity index is 378. The molecule has 0 amide bonds. The van der Waals surface area contributed by atoms with Crippen LogP contribution < -0.4 is 10.1 Å². The molecule has 100 valence electrons. The number of hydrogen-bond acceptors (Lipinski definition) is 5. The molecule has 1 aliphatic heterocycles. The minimum Gasteiger partial charge on any atom is -0.481 e. The normalized spacial score (nSPS) is 16.6. The summed E-state index contributed by atoms with van der Waals surface area (Å²) in [6.45, 7) is 7.68. The Morgan fingerprint density at radius 3 is 2.89 bits per heavy atom. The number of anilines is 1. The molecule has 1 aromatic heterocycles. The third kappa shape index (κ3) is 3.58. The average molecular weight is 251 g/mol. The summed E-state index contributed by atoms with van der Waals surface area (Å²) in [6.07, 6.45) is 0. The maximum absolute atomic E-state index is 5.32. The quantitative estimate of drug-likeness (QED) is 0.850. The predicted molar refractivity (Wildman–Crippen MR) is 71.3 cm³/mol. The largest absolute Gasteiger partial charge is 0.481 e. The maximum atomic E-state index is 5.32. The Labute approximate surface area is 108 Å². The van der Waals surface area contributed by atoms with Crippen molar-refractivity contribution in [2.75, 3.05) is 51.8 Å². The van der Waals surface area contributed by atoms with Gasteiger partial charge in [-0.05, 0) is 12.5 Å². The van der Waals surface area contributed by atoms with E-state index in [4.69, 9.17) is 9.47 Å². The van der Waals surface area contributed by atoms with Gasteiger partial charge < -0.3 is 14.8 Å². The van der Waals surface area contributed by atoms with Crippen LogP contribution in [-0.4, -0.2) is 56.4 Å². The van der Waals surface area contributed by atoms with Gasteiger partial charge in [0.1, 0.15) is 5.82 Å². The molecule has 2 rings (SSSR count). The van der Waals surface area contributed by atoms with Crippen LogP contribution in [0.25, 0.3) is 0 Å². The van der Waals surface area contributed by atoms with E-state index < -0.39 is 0 Å². The zero-order valence-corrected chi connectivity index (χ0v) is 11.1. The molecule has 0 radical (unpaired) electrons. The van der Waals surface area contributed by atoms with Crippen LogP contribution in [0, 0.1) is 6.92 Å². The molecule has 1 saturated heterocycles. The number of pyridine rings is 1. The Morgan fingerprint density at radius 2 is 2.17 bits per heavy atom. The second kappa shape index (κ2) is 6.56. The van der Waals surface area contributed by atoms with Gasteiger partial charge >= 0.3 is 0 Å². The molecule has 1 aromatic rings. The molecule has 0 saturated carbocycles. The Morgan fingerprint density at radius 1 is 1.39 bits per heavy atom. The van der Waals surface area contributed by atoms with Crippen LogP contribution in [0.15, 0.2) is 12.1 Å². The highest BCUT2D eigenvalue weighted by Crippen LogP contribution is 2.16. The van der Waals surface area contributed by atoms with Crippen LogP contribution in [-0.2, 0) is 4.74 Å². The predicted octanol–water partition coefficient (Wildman–Crippen LogP) is 1.14. The first-order chi connectivity index (χ1) is 8.79. The summed E-state index contributed by atoms with van der Waals surface area (Å²) >= 11 is 0. The molecule has 5 nitrogen and oxygen atoms in total. The van der Waals surface area contributed by atoms with E-state index in [0.29, 0.717) is 5.88 Å². The number of nitrogens with one attached hydrogen (secondary N) is 1. The Hall–Kier alpha value is -1.33. The standard InChI is InChI=1S/C13H21N3O2/c1-11-3-4-12(17-2)15-13(11)14-5-6-16-7-9-18-10-8-16/h3-4H,5-10H2,1-2H3,(H,14,15). The minimum atomic E-state index is 0.648. The number of hydrogen-bond donors (Lipinski definition) is 1. The van der Waals surface area contributed by atoms with Gasteiger partial charge in [-0.1, -0.05) is 6.07 Å². The van der Waals surface area contributed by atoms with E-state index in [1.165, 1.54) is 0 Å². The fourth-order valence-electron chi connectivity index (χ4n) is 1.96. The van der Waals surface area contributed by atoms with E-state index in [1.54, 1.807) is 7.11 Å². The summed E-state index contributed by atoms with van der Waals surface area (Å²) in [5.41, 5.74) is 1.14. The lowest BCUT2D eigenvalue weighted by Gasteiger charge is -2.26. The summed E-state index contributed by atoms with van der Waals surface area (Å²) in [4.78, 5) is 6.79. The molecule has 0 atom stereocenters. The molecule has 1 fully saturated rings. The van der Waals surface area contributed by atoms with Crippen molar-refractivity contribution in [3.8, 4) is 5.88 Å². The van der Waals surface area contributed by atoms with Crippen molar-refractivity contribution in [1.29, 1.82) is 0 Å². The van der Waals surface area contributed by atoms with Gasteiger partial charge in [-0.3, -0.25) is 4.90 Å². The van der Waals surface area contributed by atoms with Crippen LogP contribution >= 0.6 is 0 Å². The molecule has 0 unspecified atom stereocenters. The van der Waals surface area contributed by atoms with E-state index in [1.807, 2.05) is 19.1 Å². The fourth-order valence-corrected chi connectivity index (χ4v) is 1.96. The van der Waals surface area contributed by atoms with Gasteiger partial charge in [-0.15, -0.1) is 0 Å². The molecule has 5 heteroatoms. The van der Waals surface area contributed by atoms with Gasteiger partial charge in [-0.2, -0.15) is 4.98 Å². The molecule has 0 spiro atoms. The monoisotopic (exact) mass is 251 g/mol. The van der Waals surface area contributed by atoms with Crippen molar-refractivity contribution in [3.05, 3.63) is 17.7 Å². The maximum Gasteiger partial charge on any atom is 0.214 e. The van der Waals surface area contributed by atoms with Crippen molar-refractivity contribution >= 4 is 5.82 Å². The highest BCUT2D eigenvalue weighted by Gasteiger charge is 2.09. The second-order valence-electron chi connectivity index (χ2n) is 4.40. The van der Waals surface area contributed by atoms with E-state index >= 15 is 0 Å². The highest BCUT2D eigenvalue weighted by molar-refractivity contribution is 5.45. The first kappa shape index (κ1) is 13.1. The molecule has 2 heterocycles. The molecule has 0 aromatic carbocycles. The molecular formula is C13H21N3O2. The Kier molecular flexibility index (Phi) is 4.78. The number of aryl methyl sites for hydroxylation is 1. The molecule has 1 N–H and O–H groups in total. The van der Waals surface area contributed by atoms with Crippen molar-refractivity contribution in [2.24, 2.45) is 0 Å². The number of morpholine rings is 1. The van der Waals surface area contributed by atoms with Gasteiger partial charge in [0.15, 0.2) is 0 Å². The third-order valence-electron chi connectivity index (χ3n) is 3.10. The number of ether oxygens (including phenoxy) is 2. The summed E-state index contributed by atoms with van der Waals surface area (Å²) in [5.74, 6) is 1.55. The summed E-state index contributed by atoms with van der Waals surface area (Å²) in [7, 11) is 1.63. The lowest BCUT2D eigenvalue weighted by atomic mass is 10.3. The van der Waals surface area contributed by atoms with Crippen molar-refractivity contribution in [2.45, 2.75) is 6.92 Å². The smallest absolute Gasteiger partial charge is 0.214 e. The van der Waals surface area contributed by atoms with Crippen LogP contribution in [0.1, 0.15) is 5.56 Å². The average Bonchev–Trinajstić information content (AvgIpc) is 2.42. The SMILES string of the molecule is COc1ccc(C)c(NCCN2CCOCC2)n1. The number of methoxy groups -OCH3 is 1. The van der Waals surface area contributed by atoms with Crippen LogP contribution in [0.4, 0.5) is 5.82 Å². The second-order valence-corrected chi connectivity index (χ2v) is 4.40. The third-order valence-corrected chi connectivity index (χ3v) is 3.10. The van der Waals surface area contributed by atoms with E-state index in [9.17, 15) is 0 Å². The minimum absolute atomic E-state index is 0.648. The zero-order chi connectivity index (χ0) is 12.8. The van der Waals surface area contributed by atoms with Crippen molar-refractivity contribution in [1.82, 2.24) is 9.88 Å². The van der Waals surface area contributed by atoms with Crippen LogP contribution in [0.2, 0.25) is 0 Å². The Balaban J connectivity index is 1.81. The first-order valence-electron chi connectivity index (χ1n) is 6.35. The highest BCUT2D eigenvalue weighted by atomic mass is 16.5. The number of nitrogens with zero attached hydrogens (tertiary/aromatic N) is 2. The van der Waals surface area contributed by atoms with Crippen LogP contribution in [0.5, 0.6) is 5.88 Å². The lowest BCUT2D eigenvalue weighted by molar-refractivity contribution is 0.0398. The van der Waals surface area contributed by atoms with Gasteiger partial charge in [0.05, 0.1) is 20.3 Å². The van der Waals surface area contributed by atoms with Gasteiger partial charge in [0, 0.05) is 32.2 Å².